The number of β-amino-alcohol motifs (C(OH)–C–C–N with tert-alkyl or cyclic N) is 1. The standard InChI is InChI=1S/C19H24ClN3O3/c1-13-7-17(26-22-13)9-15-11-23(12-18(15)24)6-5-19(25)21-10-14-3-2-4-16(20)8-14/h2-4,7-8,15,18,24H,5-6,9-12H2,1H3,(H,21,25)/t15-,18-/m1/s1. The quantitative estimate of drug-likeness (QED) is 0.773. The summed E-state index contributed by atoms with van der Waals surface area (Å²) in [7, 11) is 0. The van der Waals surface area contributed by atoms with E-state index in [4.69, 9.17) is 16.1 Å². The van der Waals surface area contributed by atoms with Gasteiger partial charge in [-0.15, -0.1) is 0 Å². The minimum absolute atomic E-state index is 0.00576. The van der Waals surface area contributed by atoms with Crippen molar-refractivity contribution in [3.63, 3.8) is 0 Å². The van der Waals surface area contributed by atoms with Gasteiger partial charge in [-0.1, -0.05) is 28.9 Å². The second kappa shape index (κ2) is 8.66. The Morgan fingerprint density at radius 3 is 3.00 bits per heavy atom. The lowest BCUT2D eigenvalue weighted by Crippen LogP contribution is -2.30. The van der Waals surface area contributed by atoms with Crippen molar-refractivity contribution in [1.82, 2.24) is 15.4 Å². The van der Waals surface area contributed by atoms with Gasteiger partial charge < -0.3 is 14.9 Å². The number of rotatable bonds is 7. The molecule has 1 aromatic carbocycles. The van der Waals surface area contributed by atoms with E-state index in [2.05, 4.69) is 15.4 Å². The highest BCUT2D eigenvalue weighted by Gasteiger charge is 2.32. The number of carbonyl (C=O) groups is 1. The van der Waals surface area contributed by atoms with Gasteiger partial charge >= 0.3 is 0 Å². The molecule has 0 aliphatic carbocycles. The number of halogens is 1. The molecule has 140 valence electrons. The van der Waals surface area contributed by atoms with Crippen molar-refractivity contribution in [1.29, 1.82) is 0 Å². The average molecular weight is 378 g/mol. The van der Waals surface area contributed by atoms with Crippen molar-refractivity contribution < 1.29 is 14.4 Å². The molecule has 2 atom stereocenters. The Morgan fingerprint density at radius 2 is 2.27 bits per heavy atom. The van der Waals surface area contributed by atoms with E-state index in [1.165, 1.54) is 0 Å². The zero-order valence-electron chi connectivity index (χ0n) is 14.8. The van der Waals surface area contributed by atoms with Crippen LogP contribution < -0.4 is 5.32 Å². The van der Waals surface area contributed by atoms with E-state index in [0.29, 0.717) is 37.5 Å². The summed E-state index contributed by atoms with van der Waals surface area (Å²) in [5, 5.41) is 17.7. The lowest BCUT2D eigenvalue weighted by molar-refractivity contribution is -0.121. The van der Waals surface area contributed by atoms with Crippen LogP contribution in [0.1, 0.15) is 23.4 Å². The first-order valence-electron chi connectivity index (χ1n) is 8.83. The van der Waals surface area contributed by atoms with E-state index < -0.39 is 6.10 Å². The van der Waals surface area contributed by atoms with Gasteiger partial charge in [0.05, 0.1) is 11.8 Å². The van der Waals surface area contributed by atoms with Crippen LogP contribution in [0, 0.1) is 12.8 Å². The smallest absolute Gasteiger partial charge is 0.221 e. The van der Waals surface area contributed by atoms with Crippen molar-refractivity contribution in [3.05, 3.63) is 52.4 Å². The molecule has 1 aliphatic heterocycles. The van der Waals surface area contributed by atoms with Crippen molar-refractivity contribution in [3.8, 4) is 0 Å². The third kappa shape index (κ3) is 5.30. The number of likely N-dealkylation sites (tertiary alicyclic amines) is 1. The largest absolute Gasteiger partial charge is 0.391 e. The van der Waals surface area contributed by atoms with Crippen molar-refractivity contribution in [2.75, 3.05) is 19.6 Å². The number of aromatic nitrogens is 1. The maximum Gasteiger partial charge on any atom is 0.221 e. The molecule has 3 rings (SSSR count). The van der Waals surface area contributed by atoms with Crippen molar-refractivity contribution in [2.24, 2.45) is 5.92 Å². The maximum atomic E-state index is 12.1. The molecule has 6 nitrogen and oxygen atoms in total. The third-order valence-electron chi connectivity index (χ3n) is 4.66. The summed E-state index contributed by atoms with van der Waals surface area (Å²) in [6.45, 7) is 4.31. The number of hydrogen-bond acceptors (Lipinski definition) is 5. The molecule has 7 heteroatoms. The number of aliphatic hydroxyl groups is 1. The molecule has 1 aliphatic rings. The van der Waals surface area contributed by atoms with Gasteiger partial charge in [0, 0.05) is 56.0 Å². The Morgan fingerprint density at radius 1 is 1.42 bits per heavy atom. The van der Waals surface area contributed by atoms with Gasteiger partial charge in [-0.3, -0.25) is 9.69 Å². The van der Waals surface area contributed by atoms with Crippen LogP contribution in [0.2, 0.25) is 5.02 Å². The zero-order valence-corrected chi connectivity index (χ0v) is 15.6. The Hall–Kier alpha value is -1.89. The van der Waals surface area contributed by atoms with Gasteiger partial charge in [0.1, 0.15) is 5.76 Å². The fraction of sp³-hybridized carbons (Fsp3) is 0.474. The second-order valence-electron chi connectivity index (χ2n) is 6.88. The predicted molar refractivity (Wildman–Crippen MR) is 98.8 cm³/mol. The van der Waals surface area contributed by atoms with Crippen LogP contribution >= 0.6 is 11.6 Å². The highest BCUT2D eigenvalue weighted by molar-refractivity contribution is 6.30. The Kier molecular flexibility index (Phi) is 6.29. The first-order valence-corrected chi connectivity index (χ1v) is 9.21. The van der Waals surface area contributed by atoms with E-state index >= 15 is 0 Å². The molecule has 0 spiro atoms. The number of benzene rings is 1. The van der Waals surface area contributed by atoms with E-state index in [1.807, 2.05) is 37.3 Å². The van der Waals surface area contributed by atoms with Crippen LogP contribution in [0.25, 0.3) is 0 Å². The van der Waals surface area contributed by atoms with Crippen LogP contribution in [0.4, 0.5) is 0 Å². The van der Waals surface area contributed by atoms with Gasteiger partial charge in [-0.25, -0.2) is 0 Å². The summed E-state index contributed by atoms with van der Waals surface area (Å²) < 4.78 is 5.24. The van der Waals surface area contributed by atoms with Crippen molar-refractivity contribution in [2.45, 2.75) is 32.4 Å². The molecular formula is C19H24ClN3O3. The molecule has 0 unspecified atom stereocenters. The van der Waals surface area contributed by atoms with Crippen LogP contribution in [0.15, 0.2) is 34.9 Å². The minimum atomic E-state index is -0.407. The zero-order chi connectivity index (χ0) is 18.5. The molecule has 2 heterocycles. The lowest BCUT2D eigenvalue weighted by Gasteiger charge is -2.15. The summed E-state index contributed by atoms with van der Waals surface area (Å²) in [5.41, 5.74) is 1.82. The summed E-state index contributed by atoms with van der Waals surface area (Å²) in [4.78, 5) is 14.2. The molecule has 0 saturated carbocycles. The van der Waals surface area contributed by atoms with Gasteiger partial charge in [0.15, 0.2) is 0 Å². The summed E-state index contributed by atoms with van der Waals surface area (Å²) in [5.74, 6) is 0.901. The van der Waals surface area contributed by atoms with E-state index in [1.54, 1.807) is 0 Å². The topological polar surface area (TPSA) is 78.6 Å². The van der Waals surface area contributed by atoms with Crippen LogP contribution in [-0.4, -0.2) is 46.8 Å². The van der Waals surface area contributed by atoms with Crippen LogP contribution in [0.3, 0.4) is 0 Å². The molecule has 1 aromatic heterocycles. The molecule has 26 heavy (non-hydrogen) atoms. The fourth-order valence-electron chi connectivity index (χ4n) is 3.29. The van der Waals surface area contributed by atoms with E-state index in [9.17, 15) is 9.90 Å². The number of nitrogens with zero attached hydrogens (tertiary/aromatic N) is 2. The highest BCUT2D eigenvalue weighted by Crippen LogP contribution is 2.22. The summed E-state index contributed by atoms with van der Waals surface area (Å²) in [6, 6.07) is 9.35. The first kappa shape index (κ1) is 18.9. The van der Waals surface area contributed by atoms with Gasteiger partial charge in [-0.05, 0) is 24.6 Å². The number of hydrogen-bond donors (Lipinski definition) is 2. The number of carbonyl (C=O) groups excluding carboxylic acids is 1. The molecule has 1 fully saturated rings. The van der Waals surface area contributed by atoms with Gasteiger partial charge in [-0.2, -0.15) is 0 Å². The minimum Gasteiger partial charge on any atom is -0.391 e. The third-order valence-corrected chi connectivity index (χ3v) is 4.89. The van der Waals surface area contributed by atoms with E-state index in [-0.39, 0.29) is 11.8 Å². The molecule has 2 aromatic rings. The lowest BCUT2D eigenvalue weighted by atomic mass is 10.0. The molecule has 1 saturated heterocycles. The van der Waals surface area contributed by atoms with Gasteiger partial charge in [0.2, 0.25) is 5.91 Å². The predicted octanol–water partition coefficient (Wildman–Crippen LogP) is 2.18. The molecule has 0 bridgehead atoms. The molecule has 2 N–H and O–H groups in total. The maximum absolute atomic E-state index is 12.1. The monoisotopic (exact) mass is 377 g/mol. The number of aryl methyl sites for hydroxylation is 1. The average Bonchev–Trinajstić information content (AvgIpc) is 3.17. The number of amides is 1. The molecular weight excluding hydrogens is 354 g/mol. The Bertz CT molecular complexity index is 749. The molecule has 1 amide bonds. The van der Waals surface area contributed by atoms with E-state index in [0.717, 1.165) is 23.6 Å². The molecule has 0 radical (unpaired) electrons. The number of aliphatic hydroxyl groups excluding tert-OH is 1. The normalized spacial score (nSPS) is 20.4. The summed E-state index contributed by atoms with van der Waals surface area (Å²) >= 11 is 5.94. The van der Waals surface area contributed by atoms with Gasteiger partial charge in [0.25, 0.3) is 0 Å². The first-order chi connectivity index (χ1) is 12.5. The Labute approximate surface area is 158 Å². The SMILES string of the molecule is Cc1cc(C[C@@H]2CN(CCC(=O)NCc3cccc(Cl)c3)C[C@H]2O)on1. The fourth-order valence-corrected chi connectivity index (χ4v) is 3.50. The Balaban J connectivity index is 1.40. The van der Waals surface area contributed by atoms with Crippen LogP contribution in [0.5, 0.6) is 0 Å². The second-order valence-corrected chi connectivity index (χ2v) is 7.32. The highest BCUT2D eigenvalue weighted by atomic mass is 35.5. The number of nitrogens with one attached hydrogen (secondary N) is 1. The summed E-state index contributed by atoms with van der Waals surface area (Å²) in [6.07, 6.45) is 0.663. The van der Waals surface area contributed by atoms with Crippen LogP contribution in [-0.2, 0) is 17.8 Å². The van der Waals surface area contributed by atoms with Crippen molar-refractivity contribution >= 4 is 17.5 Å².